The molecule has 28 heavy (non-hydrogen) atoms. The zero-order valence-electron chi connectivity index (χ0n) is 16.9. The van der Waals surface area contributed by atoms with Crippen molar-refractivity contribution in [3.8, 4) is 0 Å². The van der Waals surface area contributed by atoms with Crippen LogP contribution >= 0.6 is 0 Å². The van der Waals surface area contributed by atoms with Crippen LogP contribution in [-0.2, 0) is 22.6 Å². The van der Waals surface area contributed by atoms with E-state index in [0.717, 1.165) is 69.2 Å². The highest BCUT2D eigenvalue weighted by atomic mass is 16.5. The van der Waals surface area contributed by atoms with E-state index in [1.54, 1.807) is 12.5 Å². The Morgan fingerprint density at radius 3 is 2.82 bits per heavy atom. The van der Waals surface area contributed by atoms with Crippen molar-refractivity contribution in [3.63, 3.8) is 0 Å². The normalized spacial score (nSPS) is 26.1. The lowest BCUT2D eigenvalue weighted by atomic mass is 9.75. The second-order valence-electron chi connectivity index (χ2n) is 8.23. The molecule has 0 spiro atoms. The molecule has 0 bridgehead atoms. The lowest BCUT2D eigenvalue weighted by molar-refractivity contribution is -0.157. The molecule has 0 aliphatic carbocycles. The third-order valence-corrected chi connectivity index (χ3v) is 6.19. The Morgan fingerprint density at radius 2 is 2.11 bits per heavy atom. The molecule has 2 saturated heterocycles. The number of likely N-dealkylation sites (tertiary alicyclic amines) is 2. The second-order valence-corrected chi connectivity index (χ2v) is 8.23. The Hall–Kier alpha value is -2.05. The van der Waals surface area contributed by atoms with Gasteiger partial charge in [0.2, 0.25) is 0 Å². The molecule has 2 aromatic rings. The molecule has 0 saturated carbocycles. The van der Waals surface area contributed by atoms with Crippen LogP contribution in [0.15, 0.2) is 39.6 Å². The number of aryl methyl sites for hydroxylation is 1. The molecular formula is C22H30N2O4. The summed E-state index contributed by atoms with van der Waals surface area (Å²) in [6.07, 6.45) is 5.37. The number of rotatable bonds is 6. The highest BCUT2D eigenvalue weighted by Crippen LogP contribution is 2.44. The van der Waals surface area contributed by atoms with Gasteiger partial charge >= 0.3 is 5.97 Å². The van der Waals surface area contributed by atoms with Crippen LogP contribution in [0.3, 0.4) is 0 Å². The number of ether oxygens (including phenoxy) is 1. The van der Waals surface area contributed by atoms with Gasteiger partial charge in [-0.3, -0.25) is 14.6 Å². The fourth-order valence-electron chi connectivity index (χ4n) is 4.92. The van der Waals surface area contributed by atoms with Crippen LogP contribution in [0.5, 0.6) is 0 Å². The number of hydrogen-bond acceptors (Lipinski definition) is 6. The molecule has 0 unspecified atom stereocenters. The predicted molar refractivity (Wildman–Crippen MR) is 104 cm³/mol. The number of carbonyl (C=O) groups is 1. The molecule has 4 heterocycles. The van der Waals surface area contributed by atoms with E-state index in [4.69, 9.17) is 13.6 Å². The topological polar surface area (TPSA) is 59.1 Å². The van der Waals surface area contributed by atoms with Crippen LogP contribution < -0.4 is 0 Å². The van der Waals surface area contributed by atoms with Crippen molar-refractivity contribution in [2.45, 2.75) is 39.8 Å². The zero-order chi connectivity index (χ0) is 19.6. The summed E-state index contributed by atoms with van der Waals surface area (Å²) in [7, 11) is 0. The molecule has 2 atom stereocenters. The minimum absolute atomic E-state index is 0.0228. The molecule has 152 valence electrons. The predicted octanol–water partition coefficient (Wildman–Crippen LogP) is 3.46. The van der Waals surface area contributed by atoms with E-state index in [9.17, 15) is 4.79 Å². The largest absolute Gasteiger partial charge is 0.472 e. The first kappa shape index (κ1) is 19.3. The van der Waals surface area contributed by atoms with Gasteiger partial charge in [0.25, 0.3) is 0 Å². The summed E-state index contributed by atoms with van der Waals surface area (Å²) in [6, 6.07) is 6.06. The minimum Gasteiger partial charge on any atom is -0.472 e. The fourth-order valence-corrected chi connectivity index (χ4v) is 4.92. The van der Waals surface area contributed by atoms with Gasteiger partial charge in [0.05, 0.1) is 31.1 Å². The van der Waals surface area contributed by atoms with Gasteiger partial charge in [-0.1, -0.05) is 0 Å². The van der Waals surface area contributed by atoms with Gasteiger partial charge < -0.3 is 13.6 Å². The average Bonchev–Trinajstić information content (AvgIpc) is 3.36. The van der Waals surface area contributed by atoms with Crippen molar-refractivity contribution in [1.82, 2.24) is 9.80 Å². The van der Waals surface area contributed by atoms with Crippen LogP contribution in [0.25, 0.3) is 0 Å². The first-order valence-corrected chi connectivity index (χ1v) is 10.3. The Balaban J connectivity index is 1.52. The molecule has 0 radical (unpaired) electrons. The van der Waals surface area contributed by atoms with Crippen molar-refractivity contribution >= 4 is 5.97 Å². The van der Waals surface area contributed by atoms with Crippen LogP contribution in [0.2, 0.25) is 0 Å². The average molecular weight is 386 g/mol. The molecule has 0 N–H and O–H groups in total. The summed E-state index contributed by atoms with van der Waals surface area (Å²) in [5.74, 6) is 2.18. The summed E-state index contributed by atoms with van der Waals surface area (Å²) in [5, 5.41) is 0. The van der Waals surface area contributed by atoms with Crippen molar-refractivity contribution in [1.29, 1.82) is 0 Å². The van der Waals surface area contributed by atoms with Gasteiger partial charge in [0, 0.05) is 37.7 Å². The van der Waals surface area contributed by atoms with E-state index in [-0.39, 0.29) is 11.9 Å². The van der Waals surface area contributed by atoms with E-state index < -0.39 is 5.41 Å². The van der Waals surface area contributed by atoms with Crippen molar-refractivity contribution in [2.75, 3.05) is 32.8 Å². The van der Waals surface area contributed by atoms with Crippen LogP contribution in [0.1, 0.15) is 36.8 Å². The monoisotopic (exact) mass is 386 g/mol. The smallest absolute Gasteiger partial charge is 0.313 e. The van der Waals surface area contributed by atoms with E-state index in [1.165, 1.54) is 0 Å². The third-order valence-electron chi connectivity index (χ3n) is 6.19. The Kier molecular flexibility index (Phi) is 5.60. The molecule has 2 aliphatic heterocycles. The molecule has 6 heteroatoms. The molecular weight excluding hydrogens is 356 g/mol. The van der Waals surface area contributed by atoms with Gasteiger partial charge in [-0.15, -0.1) is 0 Å². The van der Waals surface area contributed by atoms with E-state index in [2.05, 4.69) is 15.9 Å². The van der Waals surface area contributed by atoms with Crippen LogP contribution in [0, 0.1) is 18.3 Å². The van der Waals surface area contributed by atoms with E-state index in [0.29, 0.717) is 6.61 Å². The number of esters is 1. The third kappa shape index (κ3) is 3.89. The number of nitrogens with zero attached hydrogens (tertiary/aromatic N) is 2. The van der Waals surface area contributed by atoms with Crippen LogP contribution in [-0.4, -0.2) is 48.6 Å². The van der Waals surface area contributed by atoms with Crippen molar-refractivity contribution in [3.05, 3.63) is 47.8 Å². The maximum Gasteiger partial charge on any atom is 0.313 e. The minimum atomic E-state index is -0.409. The van der Waals surface area contributed by atoms with E-state index >= 15 is 0 Å². The van der Waals surface area contributed by atoms with Gasteiger partial charge in [0.15, 0.2) is 0 Å². The summed E-state index contributed by atoms with van der Waals surface area (Å²) < 4.78 is 16.6. The van der Waals surface area contributed by atoms with Crippen molar-refractivity contribution in [2.24, 2.45) is 11.3 Å². The molecule has 0 amide bonds. The number of hydrogen-bond donors (Lipinski definition) is 0. The highest BCUT2D eigenvalue weighted by Gasteiger charge is 2.53. The summed E-state index contributed by atoms with van der Waals surface area (Å²) in [4.78, 5) is 17.9. The fraction of sp³-hybridized carbons (Fsp3) is 0.591. The Morgan fingerprint density at radius 1 is 1.25 bits per heavy atom. The number of fused-ring (bicyclic) bond motifs is 1. The van der Waals surface area contributed by atoms with E-state index in [1.807, 2.05) is 26.0 Å². The maximum absolute atomic E-state index is 13.1. The highest BCUT2D eigenvalue weighted by molar-refractivity contribution is 5.78. The van der Waals surface area contributed by atoms with Gasteiger partial charge in [-0.25, -0.2) is 0 Å². The molecule has 2 fully saturated rings. The van der Waals surface area contributed by atoms with Gasteiger partial charge in [0.1, 0.15) is 11.5 Å². The molecule has 4 rings (SSSR count). The Labute approximate surface area is 166 Å². The SMILES string of the molecule is CCOC(=O)[C@@]12CCCN(Cc3ccc(C)o3)C[C@@H]1CN(Cc1ccoc1)C2. The quantitative estimate of drug-likeness (QED) is 0.709. The zero-order valence-corrected chi connectivity index (χ0v) is 16.9. The standard InChI is InChI=1S/C22H30N2O4/c1-3-27-21(25)22-8-4-9-23(14-20-6-5-17(2)28-20)12-19(22)13-24(16-22)11-18-7-10-26-15-18/h5-7,10,15,19H,3-4,8-9,11-14,16H2,1-2H3/t19-,22-/m1/s1. The van der Waals surface area contributed by atoms with Crippen molar-refractivity contribution < 1.29 is 18.4 Å². The second kappa shape index (κ2) is 8.13. The molecule has 6 nitrogen and oxygen atoms in total. The molecule has 2 aromatic heterocycles. The number of carbonyl (C=O) groups excluding carboxylic acids is 1. The first-order chi connectivity index (χ1) is 13.6. The maximum atomic E-state index is 13.1. The molecule has 0 aromatic carbocycles. The van der Waals surface area contributed by atoms with Crippen LogP contribution in [0.4, 0.5) is 0 Å². The molecule has 2 aliphatic rings. The summed E-state index contributed by atoms with van der Waals surface area (Å²) in [6.45, 7) is 9.44. The summed E-state index contributed by atoms with van der Waals surface area (Å²) >= 11 is 0. The lowest BCUT2D eigenvalue weighted by Crippen LogP contribution is -2.42. The van der Waals surface area contributed by atoms with Gasteiger partial charge in [-0.2, -0.15) is 0 Å². The summed E-state index contributed by atoms with van der Waals surface area (Å²) in [5.41, 5.74) is 0.742. The van der Waals surface area contributed by atoms with Gasteiger partial charge in [-0.05, 0) is 51.4 Å². The lowest BCUT2D eigenvalue weighted by Gasteiger charge is -2.31. The Bertz CT molecular complexity index is 784. The first-order valence-electron chi connectivity index (χ1n) is 10.3. The number of furan rings is 2.